The number of hydrogen-bond donors (Lipinski definition) is 3. The van der Waals surface area contributed by atoms with Crippen LogP contribution in [0.5, 0.6) is 11.5 Å². The summed E-state index contributed by atoms with van der Waals surface area (Å²) in [5.74, 6) is -6.03. The van der Waals surface area contributed by atoms with Gasteiger partial charge in [0.15, 0.2) is 11.6 Å². The summed E-state index contributed by atoms with van der Waals surface area (Å²) in [6.45, 7) is 1.58. The van der Waals surface area contributed by atoms with Gasteiger partial charge in [0.1, 0.15) is 17.1 Å². The number of Topliss-reactive ketones (excluding diaryl/α,β-unsaturated/α-hetero) is 1. The predicted octanol–water partition coefficient (Wildman–Crippen LogP) is 3.43. The summed E-state index contributed by atoms with van der Waals surface area (Å²) in [5, 5.41) is 29.3. The topological polar surface area (TPSA) is 149 Å². The second-order valence-electron chi connectivity index (χ2n) is 10.3. The van der Waals surface area contributed by atoms with Crippen LogP contribution in [0.2, 0.25) is 0 Å². The maximum atomic E-state index is 13.9. The van der Waals surface area contributed by atoms with E-state index in [2.05, 4.69) is 0 Å². The molecule has 1 heterocycles. The Hall–Kier alpha value is -4.79. The zero-order chi connectivity index (χ0) is 27.7. The molecule has 4 atom stereocenters. The summed E-state index contributed by atoms with van der Waals surface area (Å²) in [5.41, 5.74) is 2.19. The lowest BCUT2D eigenvalue weighted by Crippen LogP contribution is -2.39. The van der Waals surface area contributed by atoms with Gasteiger partial charge in [0.25, 0.3) is 0 Å². The van der Waals surface area contributed by atoms with Crippen LogP contribution in [0.3, 0.4) is 0 Å². The molecule has 0 unspecified atom stereocenters. The molecule has 0 bridgehead atoms. The Kier molecular flexibility index (Phi) is 5.43. The summed E-state index contributed by atoms with van der Waals surface area (Å²) in [6, 6.07) is 9.90. The molecule has 3 aliphatic carbocycles. The van der Waals surface area contributed by atoms with E-state index in [0.717, 1.165) is 22.6 Å². The Morgan fingerprint density at radius 2 is 1.67 bits per heavy atom. The Morgan fingerprint density at radius 3 is 2.33 bits per heavy atom. The van der Waals surface area contributed by atoms with Crippen LogP contribution in [0.25, 0.3) is 0 Å². The molecule has 3 N–H and O–H groups in total. The number of rotatable bonds is 3. The largest absolute Gasteiger partial charge is 0.508 e. The number of imide groups is 1. The van der Waals surface area contributed by atoms with Crippen molar-refractivity contribution in [1.82, 2.24) is 0 Å². The van der Waals surface area contributed by atoms with E-state index in [9.17, 15) is 39.3 Å². The van der Waals surface area contributed by atoms with Gasteiger partial charge in [-0.2, -0.15) is 0 Å². The van der Waals surface area contributed by atoms with E-state index in [4.69, 9.17) is 0 Å². The number of carboxylic acids is 1. The van der Waals surface area contributed by atoms with E-state index < -0.39 is 47.2 Å². The third kappa shape index (κ3) is 3.57. The number of carbonyl (C=O) groups is 5. The molecule has 2 amide bonds. The van der Waals surface area contributed by atoms with Gasteiger partial charge in [-0.1, -0.05) is 23.8 Å². The number of carboxylic acid groups (broad SMARTS) is 1. The SMILES string of the molecule is CC1=CC(=O)C2=C(C[C@@H]3C(=CC[C@@H]4C(=O)N(c5ccc(C(=O)O)c(O)c5)C(=O)[C@@H]43)[C@@H]2c2ccc(O)cc2)C1=O. The van der Waals surface area contributed by atoms with Crippen molar-refractivity contribution in [3.63, 3.8) is 0 Å². The number of amides is 2. The van der Waals surface area contributed by atoms with E-state index in [-0.39, 0.29) is 41.4 Å². The molecule has 0 aromatic heterocycles. The standard InChI is InChI=1S/C30H23NO8/c1-13-10-23(34)26-21(27(13)35)12-20-17(24(26)14-2-5-16(32)6-3-14)8-9-19-25(20)29(37)31(28(19)36)15-4-7-18(30(38)39)22(33)11-15/h2-8,10-11,19-20,24-25,32-33H,9,12H2,1H3,(H,38,39)/t19-,20+,24-,25-/m0/s1. The van der Waals surface area contributed by atoms with E-state index in [0.29, 0.717) is 22.3 Å². The molecule has 2 aromatic rings. The number of aromatic carboxylic acids is 1. The first kappa shape index (κ1) is 24.5. The van der Waals surface area contributed by atoms with Crippen LogP contribution in [0.4, 0.5) is 5.69 Å². The van der Waals surface area contributed by atoms with E-state index in [1.807, 2.05) is 6.08 Å². The summed E-state index contributed by atoms with van der Waals surface area (Å²) in [4.78, 5) is 66.2. The van der Waals surface area contributed by atoms with Crippen molar-refractivity contribution < 1.29 is 39.3 Å². The van der Waals surface area contributed by atoms with Crippen LogP contribution in [0.15, 0.2) is 76.9 Å². The lowest BCUT2D eigenvalue weighted by atomic mass is 9.59. The predicted molar refractivity (Wildman–Crippen MR) is 137 cm³/mol. The summed E-state index contributed by atoms with van der Waals surface area (Å²) in [7, 11) is 0. The number of nitrogens with zero attached hydrogens (tertiary/aromatic N) is 1. The van der Waals surface area contributed by atoms with Gasteiger partial charge < -0.3 is 15.3 Å². The third-order valence-electron chi connectivity index (χ3n) is 8.26. The molecule has 9 heteroatoms. The third-order valence-corrected chi connectivity index (χ3v) is 8.26. The molecule has 4 aliphatic rings. The van der Waals surface area contributed by atoms with Crippen LogP contribution in [-0.2, 0) is 19.2 Å². The fourth-order valence-electron chi connectivity index (χ4n) is 6.52. The van der Waals surface area contributed by atoms with Gasteiger partial charge in [-0.05, 0) is 61.6 Å². The molecule has 0 spiro atoms. The normalized spacial score (nSPS) is 26.1. The van der Waals surface area contributed by atoms with Crippen LogP contribution >= 0.6 is 0 Å². The van der Waals surface area contributed by atoms with Crippen molar-refractivity contribution in [2.24, 2.45) is 17.8 Å². The Labute approximate surface area is 222 Å². The van der Waals surface area contributed by atoms with Gasteiger partial charge in [-0.15, -0.1) is 0 Å². The van der Waals surface area contributed by atoms with Gasteiger partial charge in [-0.3, -0.25) is 19.2 Å². The number of aromatic hydroxyl groups is 2. The quantitative estimate of drug-likeness (QED) is 0.314. The molecule has 1 fully saturated rings. The summed E-state index contributed by atoms with van der Waals surface area (Å²) >= 11 is 0. The van der Waals surface area contributed by atoms with Crippen molar-refractivity contribution in [3.8, 4) is 11.5 Å². The van der Waals surface area contributed by atoms with Crippen molar-refractivity contribution in [1.29, 1.82) is 0 Å². The molecule has 9 nitrogen and oxygen atoms in total. The van der Waals surface area contributed by atoms with Crippen molar-refractivity contribution >= 4 is 35.0 Å². The van der Waals surface area contributed by atoms with Gasteiger partial charge in [0.05, 0.1) is 17.5 Å². The second-order valence-corrected chi connectivity index (χ2v) is 10.3. The number of benzene rings is 2. The second kappa shape index (κ2) is 8.62. The molecule has 0 saturated carbocycles. The average molecular weight is 526 g/mol. The molecular weight excluding hydrogens is 502 g/mol. The van der Waals surface area contributed by atoms with Crippen molar-refractivity contribution in [2.75, 3.05) is 4.90 Å². The lowest BCUT2D eigenvalue weighted by molar-refractivity contribution is -0.123. The Morgan fingerprint density at radius 1 is 0.949 bits per heavy atom. The van der Waals surface area contributed by atoms with Gasteiger partial charge >= 0.3 is 5.97 Å². The molecule has 1 saturated heterocycles. The zero-order valence-corrected chi connectivity index (χ0v) is 20.7. The van der Waals surface area contributed by atoms with Crippen molar-refractivity contribution in [3.05, 3.63) is 88.0 Å². The fraction of sp³-hybridized carbons (Fsp3) is 0.233. The fourth-order valence-corrected chi connectivity index (χ4v) is 6.52. The smallest absolute Gasteiger partial charge is 0.339 e. The maximum absolute atomic E-state index is 13.9. The number of phenols is 2. The number of anilines is 1. The molecule has 2 aromatic carbocycles. The van der Waals surface area contributed by atoms with Gasteiger partial charge in [-0.25, -0.2) is 9.69 Å². The number of fused-ring (bicyclic) bond motifs is 3. The number of phenolic OH excluding ortho intramolecular Hbond substituents is 1. The number of ketones is 2. The van der Waals surface area contributed by atoms with Gasteiger partial charge in [0.2, 0.25) is 11.8 Å². The van der Waals surface area contributed by atoms with Crippen LogP contribution in [0.1, 0.15) is 41.6 Å². The zero-order valence-electron chi connectivity index (χ0n) is 20.7. The molecule has 1 aliphatic heterocycles. The van der Waals surface area contributed by atoms with E-state index in [1.54, 1.807) is 19.1 Å². The highest BCUT2D eigenvalue weighted by molar-refractivity contribution is 6.25. The van der Waals surface area contributed by atoms with E-state index in [1.165, 1.54) is 24.3 Å². The van der Waals surface area contributed by atoms with Crippen LogP contribution in [-0.4, -0.2) is 44.7 Å². The first-order valence-corrected chi connectivity index (χ1v) is 12.5. The number of allylic oxidation sites excluding steroid dienone is 6. The highest BCUT2D eigenvalue weighted by Crippen LogP contribution is 2.55. The van der Waals surface area contributed by atoms with Crippen molar-refractivity contribution in [2.45, 2.75) is 25.7 Å². The first-order chi connectivity index (χ1) is 18.6. The van der Waals surface area contributed by atoms with Crippen LogP contribution in [0, 0.1) is 17.8 Å². The number of carbonyl (C=O) groups excluding carboxylic acids is 4. The van der Waals surface area contributed by atoms with E-state index >= 15 is 0 Å². The molecule has 0 radical (unpaired) electrons. The Bertz CT molecular complexity index is 1610. The Balaban J connectivity index is 1.45. The number of hydrogen-bond acceptors (Lipinski definition) is 7. The lowest BCUT2D eigenvalue weighted by Gasteiger charge is -2.42. The molecule has 6 rings (SSSR count). The minimum Gasteiger partial charge on any atom is -0.508 e. The summed E-state index contributed by atoms with van der Waals surface area (Å²) in [6.07, 6.45) is 3.59. The molecule has 39 heavy (non-hydrogen) atoms. The monoisotopic (exact) mass is 525 g/mol. The maximum Gasteiger partial charge on any atom is 0.339 e. The summed E-state index contributed by atoms with van der Waals surface area (Å²) < 4.78 is 0. The minimum absolute atomic E-state index is 0.0455. The highest BCUT2D eigenvalue weighted by Gasteiger charge is 2.56. The first-order valence-electron chi connectivity index (χ1n) is 12.5. The highest BCUT2D eigenvalue weighted by atomic mass is 16.4. The van der Waals surface area contributed by atoms with Gasteiger partial charge in [0, 0.05) is 28.7 Å². The molecular formula is C30H23NO8. The van der Waals surface area contributed by atoms with Crippen LogP contribution < -0.4 is 4.90 Å². The minimum atomic E-state index is -1.34. The average Bonchev–Trinajstić information content (AvgIpc) is 3.16. The molecule has 196 valence electrons.